The summed E-state index contributed by atoms with van der Waals surface area (Å²) in [5.74, 6) is 0. The fourth-order valence-electron chi connectivity index (χ4n) is 13.0. The number of aryl methyl sites for hydroxylation is 2. The van der Waals surface area contributed by atoms with E-state index < -0.39 is 0 Å². The average Bonchev–Trinajstić information content (AvgIpc) is 4.09. The first kappa shape index (κ1) is 39.5. The third-order valence-corrected chi connectivity index (χ3v) is 16.3. The molecule has 0 saturated carbocycles. The van der Waals surface area contributed by atoms with Crippen molar-refractivity contribution in [1.82, 2.24) is 0 Å². The molecule has 2 aromatic heterocycles. The Morgan fingerprint density at radius 3 is 1.51 bits per heavy atom. The van der Waals surface area contributed by atoms with Gasteiger partial charge in [0.05, 0.1) is 0 Å². The second-order valence-electron chi connectivity index (χ2n) is 21.4. The van der Waals surface area contributed by atoms with E-state index in [1.54, 1.807) is 0 Å². The van der Waals surface area contributed by atoms with Gasteiger partial charge in [-0.05, 0) is 135 Å². The van der Waals surface area contributed by atoms with Crippen molar-refractivity contribution in [3.05, 3.63) is 208 Å². The molecule has 3 aliphatic carbocycles. The van der Waals surface area contributed by atoms with Gasteiger partial charge >= 0.3 is 0 Å². The summed E-state index contributed by atoms with van der Waals surface area (Å²) in [5, 5.41) is 4.76. The standard InChI is InChI=1S/C65H51NO2/c1-36-21-25-38(26-22-36)47-35-51-54(56-45-16-10-13-19-52(45)67-61(47)56)43-31-29-40(33-49(43)63(51,3)4)66(39-27-23-37(2)24-28-39)41-30-32-44-50(34-41)65(7,8)60-58(44)62-57(46-17-11-14-20-53(46)68-62)55-42-15-9-12-18-48(42)64(5,6)59(55)60/h9-35H,1-8H3. The van der Waals surface area contributed by atoms with Crippen molar-refractivity contribution in [2.24, 2.45) is 0 Å². The minimum absolute atomic E-state index is 0.206. The van der Waals surface area contributed by atoms with Gasteiger partial charge in [-0.3, -0.25) is 0 Å². The average molecular weight is 878 g/mol. The molecule has 3 nitrogen and oxygen atoms in total. The van der Waals surface area contributed by atoms with Gasteiger partial charge in [0.25, 0.3) is 0 Å². The lowest BCUT2D eigenvalue weighted by molar-refractivity contribution is 0.600. The summed E-state index contributed by atoms with van der Waals surface area (Å²) in [7, 11) is 0. The van der Waals surface area contributed by atoms with Crippen molar-refractivity contribution in [2.45, 2.75) is 71.6 Å². The topological polar surface area (TPSA) is 29.5 Å². The molecular formula is C65H51NO2. The van der Waals surface area contributed by atoms with Crippen molar-refractivity contribution < 1.29 is 8.83 Å². The summed E-state index contributed by atoms with van der Waals surface area (Å²) in [6, 6.07) is 60.9. The lowest BCUT2D eigenvalue weighted by Gasteiger charge is -2.32. The third-order valence-electron chi connectivity index (χ3n) is 16.3. The third kappa shape index (κ3) is 5.04. The molecule has 0 N–H and O–H groups in total. The number of para-hydroxylation sites is 2. The molecule has 0 saturated heterocycles. The van der Waals surface area contributed by atoms with Gasteiger partial charge in [-0.25, -0.2) is 0 Å². The minimum Gasteiger partial charge on any atom is -0.455 e. The van der Waals surface area contributed by atoms with Crippen LogP contribution in [-0.2, 0) is 16.2 Å². The van der Waals surface area contributed by atoms with Crippen LogP contribution in [0.15, 0.2) is 173 Å². The van der Waals surface area contributed by atoms with Gasteiger partial charge in [0.2, 0.25) is 0 Å². The van der Waals surface area contributed by atoms with E-state index in [0.29, 0.717) is 0 Å². The Labute approximate surface area is 397 Å². The molecule has 14 rings (SSSR count). The summed E-state index contributed by atoms with van der Waals surface area (Å²) in [6.45, 7) is 18.8. The van der Waals surface area contributed by atoms with Crippen LogP contribution in [0, 0.1) is 13.8 Å². The Morgan fingerprint density at radius 2 is 0.853 bits per heavy atom. The molecule has 0 aliphatic heterocycles. The van der Waals surface area contributed by atoms with E-state index in [-0.39, 0.29) is 16.2 Å². The van der Waals surface area contributed by atoms with Gasteiger partial charge in [-0.1, -0.05) is 162 Å². The van der Waals surface area contributed by atoms with E-state index in [1.165, 1.54) is 99.6 Å². The molecule has 328 valence electrons. The monoisotopic (exact) mass is 877 g/mol. The number of nitrogens with zero attached hydrogens (tertiary/aromatic N) is 1. The maximum absolute atomic E-state index is 7.04. The van der Waals surface area contributed by atoms with Crippen LogP contribution in [-0.4, -0.2) is 0 Å². The minimum atomic E-state index is -0.328. The first-order valence-electron chi connectivity index (χ1n) is 24.2. The molecule has 3 heteroatoms. The fraction of sp³-hybridized carbons (Fsp3) is 0.169. The molecule has 3 aliphatic rings. The maximum atomic E-state index is 7.04. The van der Waals surface area contributed by atoms with Crippen molar-refractivity contribution in [3.63, 3.8) is 0 Å². The van der Waals surface area contributed by atoms with Crippen LogP contribution in [0.1, 0.15) is 86.1 Å². The zero-order valence-corrected chi connectivity index (χ0v) is 39.9. The van der Waals surface area contributed by atoms with Crippen LogP contribution in [0.4, 0.5) is 17.1 Å². The van der Waals surface area contributed by atoms with Crippen molar-refractivity contribution in [3.8, 4) is 44.5 Å². The van der Waals surface area contributed by atoms with Gasteiger partial charge < -0.3 is 13.7 Å². The van der Waals surface area contributed by atoms with Gasteiger partial charge in [0.1, 0.15) is 22.3 Å². The molecule has 9 aromatic carbocycles. The van der Waals surface area contributed by atoms with Crippen molar-refractivity contribution in [1.29, 1.82) is 0 Å². The maximum Gasteiger partial charge on any atom is 0.144 e. The number of hydrogen-bond acceptors (Lipinski definition) is 3. The molecule has 68 heavy (non-hydrogen) atoms. The van der Waals surface area contributed by atoms with E-state index >= 15 is 0 Å². The van der Waals surface area contributed by atoms with Crippen molar-refractivity contribution in [2.75, 3.05) is 4.90 Å². The lowest BCUT2D eigenvalue weighted by atomic mass is 9.72. The van der Waals surface area contributed by atoms with Gasteiger partial charge in [-0.15, -0.1) is 0 Å². The molecule has 11 aromatic rings. The quantitative estimate of drug-likeness (QED) is 0.176. The Balaban J connectivity index is 0.981. The predicted molar refractivity (Wildman–Crippen MR) is 283 cm³/mol. The van der Waals surface area contributed by atoms with E-state index in [1.807, 2.05) is 0 Å². The fourth-order valence-corrected chi connectivity index (χ4v) is 13.0. The number of rotatable bonds is 4. The van der Waals surface area contributed by atoms with Crippen LogP contribution in [0.25, 0.3) is 88.4 Å². The summed E-state index contributed by atoms with van der Waals surface area (Å²) >= 11 is 0. The Hall–Kier alpha value is -7.62. The zero-order valence-electron chi connectivity index (χ0n) is 39.9. The predicted octanol–water partition coefficient (Wildman–Crippen LogP) is 18.2. The van der Waals surface area contributed by atoms with E-state index in [0.717, 1.165) is 50.3 Å². The number of hydrogen-bond donors (Lipinski definition) is 0. The number of furan rings is 2. The molecule has 2 heterocycles. The molecule has 0 unspecified atom stereocenters. The van der Waals surface area contributed by atoms with Crippen LogP contribution in [0.3, 0.4) is 0 Å². The summed E-state index contributed by atoms with van der Waals surface area (Å²) < 4.78 is 13.9. The molecule has 0 amide bonds. The van der Waals surface area contributed by atoms with Gasteiger partial charge in [-0.2, -0.15) is 0 Å². The van der Waals surface area contributed by atoms with Gasteiger partial charge in [0, 0.05) is 66.0 Å². The molecule has 0 spiro atoms. The number of benzene rings is 9. The number of fused-ring (bicyclic) bond motifs is 19. The Morgan fingerprint density at radius 1 is 0.368 bits per heavy atom. The highest BCUT2D eigenvalue weighted by Gasteiger charge is 2.49. The summed E-state index contributed by atoms with van der Waals surface area (Å²) in [4.78, 5) is 2.47. The van der Waals surface area contributed by atoms with Crippen LogP contribution in [0.5, 0.6) is 0 Å². The molecular weight excluding hydrogens is 827 g/mol. The summed E-state index contributed by atoms with van der Waals surface area (Å²) in [5.41, 5.74) is 27.0. The van der Waals surface area contributed by atoms with Crippen molar-refractivity contribution >= 4 is 60.9 Å². The largest absolute Gasteiger partial charge is 0.455 e. The molecule has 0 atom stereocenters. The van der Waals surface area contributed by atoms with Crippen LogP contribution in [0.2, 0.25) is 0 Å². The second-order valence-corrected chi connectivity index (χ2v) is 21.4. The molecule has 0 bridgehead atoms. The first-order valence-corrected chi connectivity index (χ1v) is 24.2. The highest BCUT2D eigenvalue weighted by atomic mass is 16.3. The van der Waals surface area contributed by atoms with E-state index in [4.69, 9.17) is 8.83 Å². The zero-order chi connectivity index (χ0) is 46.2. The molecule has 0 fully saturated rings. The Kier molecular flexibility index (Phi) is 7.73. The van der Waals surface area contributed by atoms with E-state index in [9.17, 15) is 0 Å². The lowest BCUT2D eigenvalue weighted by Crippen LogP contribution is -2.24. The SMILES string of the molecule is Cc1ccc(-c2cc3c(c4c2oc2ccccc24)-c2ccc(N(c4ccc(C)cc4)c4ccc5c(c4)C(C)(C)c4c6c(c7c(oc8ccccc87)c4-5)-c4ccccc4C6(C)C)cc2C3(C)C)cc1. The molecule has 0 radical (unpaired) electrons. The first-order chi connectivity index (χ1) is 32.8. The van der Waals surface area contributed by atoms with E-state index in [2.05, 4.69) is 224 Å². The second kappa shape index (κ2) is 13.3. The normalized spacial score (nSPS) is 15.4. The van der Waals surface area contributed by atoms with Crippen LogP contribution >= 0.6 is 0 Å². The highest BCUT2D eigenvalue weighted by Crippen LogP contribution is 2.64. The Bertz CT molecular complexity index is 4000. The van der Waals surface area contributed by atoms with Gasteiger partial charge in [0.15, 0.2) is 0 Å². The van der Waals surface area contributed by atoms with Crippen LogP contribution < -0.4 is 4.90 Å². The number of anilines is 3. The summed E-state index contributed by atoms with van der Waals surface area (Å²) in [6.07, 6.45) is 0. The smallest absolute Gasteiger partial charge is 0.144 e. The highest BCUT2D eigenvalue weighted by molar-refractivity contribution is 6.21.